The monoisotopic (exact) mass is 455 g/mol. The summed E-state index contributed by atoms with van der Waals surface area (Å²) in [5.41, 5.74) is 4.32. The highest BCUT2D eigenvalue weighted by molar-refractivity contribution is 5.94. The Labute approximate surface area is 202 Å². The van der Waals surface area contributed by atoms with Gasteiger partial charge in [-0.15, -0.1) is 0 Å². The third-order valence-corrected chi connectivity index (χ3v) is 6.83. The van der Waals surface area contributed by atoms with Gasteiger partial charge in [0.25, 0.3) is 5.91 Å². The van der Waals surface area contributed by atoms with Crippen molar-refractivity contribution in [2.24, 2.45) is 0 Å². The second-order valence-electron chi connectivity index (χ2n) is 9.12. The number of nitrogens with zero attached hydrogens (tertiary/aromatic N) is 3. The molecule has 0 unspecified atom stereocenters. The first-order valence-electron chi connectivity index (χ1n) is 12.4. The lowest BCUT2D eigenvalue weighted by molar-refractivity contribution is 0.0746. The van der Waals surface area contributed by atoms with E-state index in [0.29, 0.717) is 19.7 Å². The first-order valence-corrected chi connectivity index (χ1v) is 12.4. The van der Waals surface area contributed by atoms with Gasteiger partial charge in [0.15, 0.2) is 0 Å². The van der Waals surface area contributed by atoms with Crippen LogP contribution in [0.1, 0.15) is 35.2 Å². The van der Waals surface area contributed by atoms with Crippen molar-refractivity contribution in [2.75, 3.05) is 49.1 Å². The van der Waals surface area contributed by atoms with Crippen molar-refractivity contribution < 1.29 is 9.53 Å². The summed E-state index contributed by atoms with van der Waals surface area (Å²) in [5, 5.41) is 0. The molecule has 0 aliphatic carbocycles. The zero-order chi connectivity index (χ0) is 23.2. The van der Waals surface area contributed by atoms with Crippen LogP contribution >= 0.6 is 0 Å². The van der Waals surface area contributed by atoms with Crippen molar-refractivity contribution in [3.8, 4) is 5.75 Å². The van der Waals surface area contributed by atoms with Gasteiger partial charge in [-0.25, -0.2) is 0 Å². The number of piperidine rings is 1. The minimum atomic E-state index is 0.114. The number of benzene rings is 3. The van der Waals surface area contributed by atoms with E-state index in [2.05, 4.69) is 40.1 Å². The van der Waals surface area contributed by atoms with Crippen LogP contribution < -0.4 is 14.5 Å². The molecule has 5 rings (SSSR count). The van der Waals surface area contributed by atoms with Gasteiger partial charge < -0.3 is 19.4 Å². The number of rotatable bonds is 6. The van der Waals surface area contributed by atoms with E-state index >= 15 is 0 Å². The summed E-state index contributed by atoms with van der Waals surface area (Å²) in [6, 6.07) is 26.5. The summed E-state index contributed by atoms with van der Waals surface area (Å²) in [7, 11) is 0. The lowest BCUT2D eigenvalue weighted by atomic mass is 10.1. The Balaban J connectivity index is 1.33. The largest absolute Gasteiger partial charge is 0.487 e. The van der Waals surface area contributed by atoms with E-state index in [1.807, 2.05) is 53.4 Å². The van der Waals surface area contributed by atoms with E-state index < -0.39 is 0 Å². The van der Waals surface area contributed by atoms with Gasteiger partial charge in [0.05, 0.1) is 5.69 Å². The van der Waals surface area contributed by atoms with Crippen LogP contribution in [0.5, 0.6) is 5.75 Å². The normalized spacial score (nSPS) is 16.4. The average molecular weight is 456 g/mol. The second kappa shape index (κ2) is 10.6. The molecule has 2 fully saturated rings. The molecule has 5 heteroatoms. The molecule has 2 aliphatic rings. The summed E-state index contributed by atoms with van der Waals surface area (Å²) in [6.07, 6.45) is 3.82. The minimum Gasteiger partial charge on any atom is -0.487 e. The number of piperazine rings is 1. The van der Waals surface area contributed by atoms with Crippen LogP contribution in [0.15, 0.2) is 78.9 Å². The van der Waals surface area contributed by atoms with Crippen LogP contribution in [0, 0.1) is 0 Å². The Bertz CT molecular complexity index is 1070. The Kier molecular flexibility index (Phi) is 6.99. The van der Waals surface area contributed by atoms with E-state index in [9.17, 15) is 4.79 Å². The van der Waals surface area contributed by atoms with Crippen LogP contribution in [-0.2, 0) is 6.61 Å². The van der Waals surface area contributed by atoms with Crippen LogP contribution in [0.2, 0.25) is 0 Å². The van der Waals surface area contributed by atoms with Crippen molar-refractivity contribution in [3.05, 3.63) is 90.0 Å². The van der Waals surface area contributed by atoms with Crippen LogP contribution in [0.25, 0.3) is 0 Å². The van der Waals surface area contributed by atoms with E-state index in [0.717, 1.165) is 48.7 Å². The fourth-order valence-corrected chi connectivity index (χ4v) is 4.87. The van der Waals surface area contributed by atoms with Gasteiger partial charge in [-0.2, -0.15) is 0 Å². The molecule has 1 amide bonds. The molecule has 2 saturated heterocycles. The van der Waals surface area contributed by atoms with Gasteiger partial charge in [-0.3, -0.25) is 4.79 Å². The Morgan fingerprint density at radius 2 is 1.38 bits per heavy atom. The first-order chi connectivity index (χ1) is 16.8. The average Bonchev–Trinajstić information content (AvgIpc) is 2.93. The zero-order valence-electron chi connectivity index (χ0n) is 19.7. The molecular formula is C29H33N3O2. The lowest BCUT2D eigenvalue weighted by Crippen LogP contribution is -2.49. The third kappa shape index (κ3) is 5.19. The standard InChI is InChI=1S/C29H33N3O2/c33-29(25-12-6-2-7-13-25)32-20-18-31(19-21-32)27-22-26(30-16-8-3-9-17-30)14-15-28(27)34-23-24-10-4-1-5-11-24/h1-2,4-7,10-15,22H,3,8-9,16-21,23H2. The SMILES string of the molecule is O=C(c1ccccc1)N1CCN(c2cc(N3CCCCC3)ccc2OCc2ccccc2)CC1. The van der Waals surface area contributed by atoms with Crippen LogP contribution in [0.3, 0.4) is 0 Å². The van der Waals surface area contributed by atoms with E-state index in [1.54, 1.807) is 0 Å². The van der Waals surface area contributed by atoms with E-state index in [-0.39, 0.29) is 5.91 Å². The van der Waals surface area contributed by atoms with Crippen molar-refractivity contribution in [1.29, 1.82) is 0 Å². The van der Waals surface area contributed by atoms with Gasteiger partial charge in [-0.05, 0) is 55.2 Å². The summed E-state index contributed by atoms with van der Waals surface area (Å²) in [6.45, 7) is 5.78. The molecule has 0 aromatic heterocycles. The predicted molar refractivity (Wildman–Crippen MR) is 138 cm³/mol. The Morgan fingerprint density at radius 1 is 0.706 bits per heavy atom. The number of carbonyl (C=O) groups excluding carboxylic acids is 1. The molecular weight excluding hydrogens is 422 g/mol. The van der Waals surface area contributed by atoms with Crippen LogP contribution in [-0.4, -0.2) is 50.1 Å². The molecule has 0 atom stereocenters. The first kappa shape index (κ1) is 22.3. The van der Waals surface area contributed by atoms with Crippen molar-refractivity contribution in [3.63, 3.8) is 0 Å². The van der Waals surface area contributed by atoms with E-state index in [4.69, 9.17) is 4.74 Å². The van der Waals surface area contributed by atoms with Gasteiger partial charge in [0.2, 0.25) is 0 Å². The molecule has 34 heavy (non-hydrogen) atoms. The molecule has 2 aliphatic heterocycles. The van der Waals surface area contributed by atoms with Gasteiger partial charge in [0.1, 0.15) is 12.4 Å². The number of hydrogen-bond acceptors (Lipinski definition) is 4. The van der Waals surface area contributed by atoms with Gasteiger partial charge in [-0.1, -0.05) is 48.5 Å². The maximum absolute atomic E-state index is 12.9. The number of carbonyl (C=O) groups is 1. The fraction of sp³-hybridized carbons (Fsp3) is 0.345. The number of hydrogen-bond donors (Lipinski definition) is 0. The molecule has 3 aromatic rings. The van der Waals surface area contributed by atoms with Crippen molar-refractivity contribution in [1.82, 2.24) is 4.90 Å². The molecule has 176 valence electrons. The fourth-order valence-electron chi connectivity index (χ4n) is 4.87. The van der Waals surface area contributed by atoms with E-state index in [1.165, 1.54) is 24.9 Å². The summed E-state index contributed by atoms with van der Waals surface area (Å²) in [5.74, 6) is 1.02. The number of amides is 1. The lowest BCUT2D eigenvalue weighted by Gasteiger charge is -2.37. The molecule has 5 nitrogen and oxygen atoms in total. The van der Waals surface area contributed by atoms with Gasteiger partial charge >= 0.3 is 0 Å². The number of anilines is 2. The highest BCUT2D eigenvalue weighted by Crippen LogP contribution is 2.35. The predicted octanol–water partition coefficient (Wildman–Crippen LogP) is 5.22. The quantitative estimate of drug-likeness (QED) is 0.511. The topological polar surface area (TPSA) is 36.0 Å². The smallest absolute Gasteiger partial charge is 0.253 e. The maximum atomic E-state index is 12.9. The molecule has 0 saturated carbocycles. The van der Waals surface area contributed by atoms with Crippen LogP contribution in [0.4, 0.5) is 11.4 Å². The van der Waals surface area contributed by atoms with Crippen molar-refractivity contribution >= 4 is 17.3 Å². The molecule has 0 spiro atoms. The molecule has 2 heterocycles. The highest BCUT2D eigenvalue weighted by Gasteiger charge is 2.25. The Morgan fingerprint density at radius 3 is 2.09 bits per heavy atom. The molecule has 0 bridgehead atoms. The summed E-state index contributed by atoms with van der Waals surface area (Å²) >= 11 is 0. The maximum Gasteiger partial charge on any atom is 0.253 e. The number of ether oxygens (including phenoxy) is 1. The second-order valence-corrected chi connectivity index (χ2v) is 9.12. The summed E-state index contributed by atoms with van der Waals surface area (Å²) < 4.78 is 6.32. The molecule has 0 radical (unpaired) electrons. The van der Waals surface area contributed by atoms with Crippen molar-refractivity contribution in [2.45, 2.75) is 25.9 Å². The Hall–Kier alpha value is -3.47. The molecule has 3 aromatic carbocycles. The third-order valence-electron chi connectivity index (χ3n) is 6.83. The summed E-state index contributed by atoms with van der Waals surface area (Å²) in [4.78, 5) is 19.7. The zero-order valence-corrected chi connectivity index (χ0v) is 19.7. The minimum absolute atomic E-state index is 0.114. The van der Waals surface area contributed by atoms with Gasteiger partial charge in [0, 0.05) is 50.5 Å². The highest BCUT2D eigenvalue weighted by atomic mass is 16.5. The molecule has 0 N–H and O–H groups in total.